The fraction of sp³-hybridized carbons (Fsp3) is 0.405. The van der Waals surface area contributed by atoms with Gasteiger partial charge in [0.1, 0.15) is 0 Å². The molecule has 0 N–H and O–H groups in total. The first-order valence-electron chi connectivity index (χ1n) is 14.5. The van der Waals surface area contributed by atoms with Crippen molar-refractivity contribution in [1.82, 2.24) is 0 Å². The molecule has 0 spiro atoms. The Bertz CT molecular complexity index is 1280. The quantitative estimate of drug-likeness (QED) is 0.196. The van der Waals surface area contributed by atoms with E-state index in [1.807, 2.05) is 0 Å². The maximum absolute atomic E-state index is 2.50. The van der Waals surface area contributed by atoms with Gasteiger partial charge < -0.3 is 0 Å². The van der Waals surface area contributed by atoms with E-state index in [2.05, 4.69) is 126 Å². The highest BCUT2D eigenvalue weighted by molar-refractivity contribution is 5.85. The maximum atomic E-state index is 2.50. The van der Waals surface area contributed by atoms with Gasteiger partial charge in [0.2, 0.25) is 0 Å². The summed E-state index contributed by atoms with van der Waals surface area (Å²) in [4.78, 5) is 0. The van der Waals surface area contributed by atoms with Crippen LogP contribution in [0, 0.1) is 25.7 Å². The van der Waals surface area contributed by atoms with Gasteiger partial charge >= 0.3 is 0 Å². The second kappa shape index (κ2) is 12.6. The number of hydrogen-bond acceptors (Lipinski definition) is 0. The minimum absolute atomic E-state index is 0.570. The first-order valence-corrected chi connectivity index (χ1v) is 14.5. The summed E-state index contributed by atoms with van der Waals surface area (Å²) in [6.07, 6.45) is 6.01. The van der Waals surface area contributed by atoms with Crippen molar-refractivity contribution in [1.29, 1.82) is 0 Å². The number of hydrogen-bond donors (Lipinski definition) is 0. The van der Waals surface area contributed by atoms with Gasteiger partial charge in [0.05, 0.1) is 0 Å². The minimum atomic E-state index is 0.570. The topological polar surface area (TPSA) is 0 Å². The molecule has 0 heterocycles. The minimum Gasteiger partial charge on any atom is -0.0648 e. The van der Waals surface area contributed by atoms with E-state index in [1.165, 1.54) is 58.7 Å². The zero-order valence-corrected chi connectivity index (χ0v) is 23.9. The van der Waals surface area contributed by atoms with E-state index in [1.54, 1.807) is 11.1 Å². The van der Waals surface area contributed by atoms with Crippen molar-refractivity contribution < 1.29 is 0 Å². The molecule has 37 heavy (non-hydrogen) atoms. The molecule has 0 fully saturated rings. The van der Waals surface area contributed by atoms with Crippen molar-refractivity contribution in [2.45, 2.75) is 85.5 Å². The van der Waals surface area contributed by atoms with E-state index in [4.69, 9.17) is 0 Å². The van der Waals surface area contributed by atoms with Gasteiger partial charge in [-0.05, 0) is 108 Å². The second-order valence-electron chi connectivity index (χ2n) is 11.7. The average molecular weight is 491 g/mol. The van der Waals surface area contributed by atoms with E-state index in [0.29, 0.717) is 23.7 Å². The van der Waals surface area contributed by atoms with Crippen LogP contribution in [0.15, 0.2) is 84.9 Å². The molecule has 0 nitrogen and oxygen atoms in total. The van der Waals surface area contributed by atoms with E-state index < -0.39 is 0 Å². The number of rotatable bonds is 11. The van der Waals surface area contributed by atoms with Crippen LogP contribution in [0.3, 0.4) is 0 Å². The van der Waals surface area contributed by atoms with Crippen molar-refractivity contribution in [2.24, 2.45) is 11.8 Å². The van der Waals surface area contributed by atoms with Crippen LogP contribution >= 0.6 is 0 Å². The SMILES string of the molecule is CCC(C)c1cc2cc(C)ccc2cc1CCC(Cc1ccccc1C)CC(C)C(C)c1ccccc1. The molecule has 4 aromatic carbocycles. The Morgan fingerprint density at radius 3 is 2.16 bits per heavy atom. The lowest BCUT2D eigenvalue weighted by molar-refractivity contribution is 0.335. The highest BCUT2D eigenvalue weighted by Gasteiger charge is 2.21. The molecule has 0 aliphatic rings. The third-order valence-electron chi connectivity index (χ3n) is 8.87. The van der Waals surface area contributed by atoms with Crippen molar-refractivity contribution in [2.75, 3.05) is 0 Å². The van der Waals surface area contributed by atoms with E-state index in [0.717, 1.165) is 6.42 Å². The number of fused-ring (bicyclic) bond motifs is 1. The molecule has 0 saturated heterocycles. The van der Waals surface area contributed by atoms with Crippen LogP contribution in [0.2, 0.25) is 0 Å². The molecule has 0 aliphatic heterocycles. The first kappa shape index (κ1) is 27.2. The molecular formula is C37H46. The summed E-state index contributed by atoms with van der Waals surface area (Å²) >= 11 is 0. The highest BCUT2D eigenvalue weighted by Crippen LogP contribution is 2.34. The largest absolute Gasteiger partial charge is 0.0648 e. The summed E-state index contributed by atoms with van der Waals surface area (Å²) in [5.41, 5.74) is 8.87. The monoisotopic (exact) mass is 490 g/mol. The molecule has 0 radical (unpaired) electrons. The van der Waals surface area contributed by atoms with Crippen molar-refractivity contribution >= 4 is 10.8 Å². The highest BCUT2D eigenvalue weighted by atomic mass is 14.3. The molecule has 0 aromatic heterocycles. The molecule has 0 aliphatic carbocycles. The Morgan fingerprint density at radius 2 is 1.43 bits per heavy atom. The fourth-order valence-corrected chi connectivity index (χ4v) is 6.01. The summed E-state index contributed by atoms with van der Waals surface area (Å²) in [6, 6.07) is 32.0. The van der Waals surface area contributed by atoms with E-state index >= 15 is 0 Å². The third-order valence-corrected chi connectivity index (χ3v) is 8.87. The molecule has 0 amide bonds. The molecular weight excluding hydrogens is 444 g/mol. The van der Waals surface area contributed by atoms with Crippen LogP contribution in [-0.4, -0.2) is 0 Å². The maximum Gasteiger partial charge on any atom is -0.0165 e. The fourth-order valence-electron chi connectivity index (χ4n) is 6.01. The van der Waals surface area contributed by atoms with Crippen LogP contribution in [0.1, 0.15) is 92.2 Å². The molecule has 0 saturated carbocycles. The van der Waals surface area contributed by atoms with Crippen LogP contribution in [0.25, 0.3) is 10.8 Å². The van der Waals surface area contributed by atoms with Gasteiger partial charge in [0.25, 0.3) is 0 Å². The van der Waals surface area contributed by atoms with Crippen LogP contribution in [-0.2, 0) is 12.8 Å². The number of benzene rings is 4. The normalized spacial score (nSPS) is 14.9. The third kappa shape index (κ3) is 6.92. The first-order chi connectivity index (χ1) is 17.9. The molecule has 4 unspecified atom stereocenters. The van der Waals surface area contributed by atoms with Gasteiger partial charge in [0, 0.05) is 0 Å². The van der Waals surface area contributed by atoms with Crippen LogP contribution < -0.4 is 0 Å². The molecule has 4 atom stereocenters. The average Bonchev–Trinajstić information content (AvgIpc) is 2.92. The summed E-state index contributed by atoms with van der Waals surface area (Å²) < 4.78 is 0. The summed E-state index contributed by atoms with van der Waals surface area (Å²) in [7, 11) is 0. The summed E-state index contributed by atoms with van der Waals surface area (Å²) in [5.74, 6) is 2.47. The Kier molecular flexibility index (Phi) is 9.25. The van der Waals surface area contributed by atoms with Gasteiger partial charge in [-0.15, -0.1) is 0 Å². The smallest absolute Gasteiger partial charge is 0.0165 e. The molecule has 0 heteroatoms. The second-order valence-corrected chi connectivity index (χ2v) is 11.7. The van der Waals surface area contributed by atoms with Crippen molar-refractivity contribution in [3.8, 4) is 0 Å². The lowest BCUT2D eigenvalue weighted by Gasteiger charge is -2.27. The molecule has 194 valence electrons. The summed E-state index contributed by atoms with van der Waals surface area (Å²) in [6.45, 7) is 14.1. The Labute approximate surface area is 226 Å². The summed E-state index contributed by atoms with van der Waals surface area (Å²) in [5, 5.41) is 2.77. The zero-order chi connectivity index (χ0) is 26.4. The van der Waals surface area contributed by atoms with Crippen LogP contribution in [0.4, 0.5) is 0 Å². The van der Waals surface area contributed by atoms with Crippen molar-refractivity contribution in [3.05, 3.63) is 118 Å². The predicted octanol–water partition coefficient (Wildman–Crippen LogP) is 10.6. The molecule has 4 aromatic rings. The van der Waals surface area contributed by atoms with Gasteiger partial charge in [-0.3, -0.25) is 0 Å². The van der Waals surface area contributed by atoms with E-state index in [9.17, 15) is 0 Å². The Morgan fingerprint density at radius 1 is 0.703 bits per heavy atom. The van der Waals surface area contributed by atoms with Gasteiger partial charge in [-0.2, -0.15) is 0 Å². The predicted molar refractivity (Wildman–Crippen MR) is 163 cm³/mol. The lowest BCUT2D eigenvalue weighted by Crippen LogP contribution is -2.16. The van der Waals surface area contributed by atoms with Gasteiger partial charge in [-0.25, -0.2) is 0 Å². The molecule has 0 bridgehead atoms. The molecule has 4 rings (SSSR count). The van der Waals surface area contributed by atoms with Crippen molar-refractivity contribution in [3.63, 3.8) is 0 Å². The lowest BCUT2D eigenvalue weighted by atomic mass is 9.78. The van der Waals surface area contributed by atoms with Gasteiger partial charge in [0.15, 0.2) is 0 Å². The zero-order valence-electron chi connectivity index (χ0n) is 23.9. The van der Waals surface area contributed by atoms with Gasteiger partial charge in [-0.1, -0.05) is 118 Å². The Hall–Kier alpha value is -2.86. The number of aryl methyl sites for hydroxylation is 3. The van der Waals surface area contributed by atoms with E-state index in [-0.39, 0.29) is 0 Å². The van der Waals surface area contributed by atoms with Crippen LogP contribution in [0.5, 0.6) is 0 Å². The standard InChI is InChI=1S/C37H46/c1-7-27(3)37-25-36-21-26(2)17-19-34(36)24-35(37)20-18-31(23-33-16-12-11-13-28(33)4)22-29(5)30(6)32-14-9-8-10-15-32/h8-17,19,21,24-25,27,29-31H,7,18,20,22-23H2,1-6H3. The Balaban J connectivity index is 1.59.